The minimum Gasteiger partial charge on any atom is -0.364 e. The molecule has 3 N–H and O–H groups in total. The lowest BCUT2D eigenvalue weighted by atomic mass is 10.6. The van der Waals surface area contributed by atoms with Crippen molar-refractivity contribution in [2.75, 3.05) is 0 Å². The molecule has 0 rings (SSSR count). The summed E-state index contributed by atoms with van der Waals surface area (Å²) in [5.41, 5.74) is 4.80. The third kappa shape index (κ3) is 3.66. The highest BCUT2D eigenvalue weighted by Crippen LogP contribution is 1.69. The molecule has 0 fully saturated rings. The Kier molecular flexibility index (Phi) is 3.62. The summed E-state index contributed by atoms with van der Waals surface area (Å²) in [5.74, 6) is -0.608. The zero-order valence-electron chi connectivity index (χ0n) is 5.05. The molecule has 0 bridgehead atoms. The first-order chi connectivity index (χ1) is 4.18. The Bertz CT molecular complexity index is 153. The lowest BCUT2D eigenvalue weighted by Crippen LogP contribution is -2.30. The van der Waals surface area contributed by atoms with Gasteiger partial charge in [0.15, 0.2) is 4.99 Å². The third-order valence-corrected chi connectivity index (χ3v) is 0.924. The molecule has 0 atom stereocenters. The van der Waals surface area contributed by atoms with Gasteiger partial charge in [-0.2, -0.15) is 0 Å². The predicted molar refractivity (Wildman–Crippen MR) is 39.7 cm³/mol. The Morgan fingerprint density at radius 2 is 2.33 bits per heavy atom. The Balaban J connectivity index is 3.65. The van der Waals surface area contributed by atoms with Crippen molar-refractivity contribution in [2.24, 2.45) is 5.73 Å². The molecule has 0 aromatic carbocycles. The molecule has 0 unspecified atom stereocenters. The first-order valence-corrected chi connectivity index (χ1v) is 2.80. The number of nitrogens with two attached hydrogens (primary N) is 1. The standard InChI is InChI=1S/C5H8N2OS/c1-2-3-7-5(9)4(6)8/h2-3H,1H3,(H2,6,8)(H,7,9)/b3-2+. The van der Waals surface area contributed by atoms with Gasteiger partial charge in [-0.15, -0.1) is 0 Å². The molecule has 0 aromatic heterocycles. The van der Waals surface area contributed by atoms with Crippen molar-refractivity contribution in [1.82, 2.24) is 5.32 Å². The molecular formula is C5H8N2OS. The largest absolute Gasteiger partial charge is 0.364 e. The van der Waals surface area contributed by atoms with E-state index in [0.29, 0.717) is 0 Å². The number of hydrogen-bond donors (Lipinski definition) is 2. The van der Waals surface area contributed by atoms with Gasteiger partial charge in [0.1, 0.15) is 0 Å². The van der Waals surface area contributed by atoms with Crippen molar-refractivity contribution in [1.29, 1.82) is 0 Å². The van der Waals surface area contributed by atoms with Crippen LogP contribution in [0.5, 0.6) is 0 Å². The van der Waals surface area contributed by atoms with Crippen molar-refractivity contribution in [3.05, 3.63) is 12.3 Å². The molecule has 1 amide bonds. The SMILES string of the molecule is C/C=C/NC(=S)C(N)=O. The second-order valence-electron chi connectivity index (χ2n) is 1.34. The molecule has 0 aliphatic carbocycles. The lowest BCUT2D eigenvalue weighted by molar-refractivity contribution is -0.111. The van der Waals surface area contributed by atoms with Gasteiger partial charge in [0.05, 0.1) is 0 Å². The van der Waals surface area contributed by atoms with E-state index < -0.39 is 5.91 Å². The lowest BCUT2D eigenvalue weighted by Gasteiger charge is -1.94. The number of carbonyl (C=O) groups is 1. The second-order valence-corrected chi connectivity index (χ2v) is 1.75. The van der Waals surface area contributed by atoms with Crippen LogP contribution in [0.15, 0.2) is 12.3 Å². The summed E-state index contributed by atoms with van der Waals surface area (Å²) in [6.45, 7) is 1.80. The molecule has 9 heavy (non-hydrogen) atoms. The van der Waals surface area contributed by atoms with Crippen LogP contribution in [0.4, 0.5) is 0 Å². The van der Waals surface area contributed by atoms with Crippen LogP contribution >= 0.6 is 12.2 Å². The van der Waals surface area contributed by atoms with Gasteiger partial charge in [-0.25, -0.2) is 0 Å². The minimum atomic E-state index is -0.608. The average molecular weight is 144 g/mol. The van der Waals surface area contributed by atoms with E-state index >= 15 is 0 Å². The van der Waals surface area contributed by atoms with Crippen LogP contribution in [0.25, 0.3) is 0 Å². The molecule has 3 nitrogen and oxygen atoms in total. The fourth-order valence-electron chi connectivity index (χ4n) is 0.230. The van der Waals surface area contributed by atoms with Gasteiger partial charge >= 0.3 is 0 Å². The van der Waals surface area contributed by atoms with Gasteiger partial charge in [-0.05, 0) is 13.1 Å². The summed E-state index contributed by atoms with van der Waals surface area (Å²) in [7, 11) is 0. The fraction of sp³-hybridized carbons (Fsp3) is 0.200. The van der Waals surface area contributed by atoms with Crippen LogP contribution in [0, 0.1) is 0 Å². The van der Waals surface area contributed by atoms with E-state index in [1.54, 1.807) is 19.2 Å². The highest BCUT2D eigenvalue weighted by molar-refractivity contribution is 7.82. The topological polar surface area (TPSA) is 55.1 Å². The zero-order chi connectivity index (χ0) is 7.28. The third-order valence-electron chi connectivity index (χ3n) is 0.605. The maximum atomic E-state index is 10.2. The highest BCUT2D eigenvalue weighted by Gasteiger charge is 1.97. The number of rotatable bonds is 1. The van der Waals surface area contributed by atoms with Gasteiger partial charge in [0.2, 0.25) is 0 Å². The van der Waals surface area contributed by atoms with Crippen molar-refractivity contribution in [3.63, 3.8) is 0 Å². The number of primary amides is 1. The summed E-state index contributed by atoms with van der Waals surface area (Å²) in [5, 5.41) is 2.51. The molecule has 0 radical (unpaired) electrons. The summed E-state index contributed by atoms with van der Waals surface area (Å²) in [6, 6.07) is 0. The van der Waals surface area contributed by atoms with Gasteiger partial charge in [-0.3, -0.25) is 4.79 Å². The normalized spacial score (nSPS) is 9.44. The molecule has 0 saturated carbocycles. The Morgan fingerprint density at radius 1 is 1.78 bits per heavy atom. The number of allylic oxidation sites excluding steroid dienone is 1. The first kappa shape index (κ1) is 8.10. The molecule has 0 saturated heterocycles. The Labute approximate surface area is 58.9 Å². The number of carbonyl (C=O) groups excluding carboxylic acids is 1. The maximum absolute atomic E-state index is 10.2. The molecule has 0 aliphatic heterocycles. The fourth-order valence-corrected chi connectivity index (χ4v) is 0.298. The van der Waals surface area contributed by atoms with Crippen molar-refractivity contribution in [2.45, 2.75) is 6.92 Å². The van der Waals surface area contributed by atoms with Crippen LogP contribution in [0.1, 0.15) is 6.92 Å². The summed E-state index contributed by atoms with van der Waals surface area (Å²) >= 11 is 4.51. The summed E-state index contributed by atoms with van der Waals surface area (Å²) in [4.78, 5) is 10.2. The molecule has 0 aliphatic rings. The van der Waals surface area contributed by atoms with E-state index in [9.17, 15) is 4.79 Å². The molecule has 0 spiro atoms. The van der Waals surface area contributed by atoms with Crippen molar-refractivity contribution >= 4 is 23.1 Å². The molecule has 0 aromatic rings. The summed E-state index contributed by atoms with van der Waals surface area (Å²) in [6.07, 6.45) is 3.27. The van der Waals surface area contributed by atoms with Gasteiger partial charge in [0, 0.05) is 0 Å². The zero-order valence-corrected chi connectivity index (χ0v) is 5.87. The smallest absolute Gasteiger partial charge is 0.276 e. The highest BCUT2D eigenvalue weighted by atomic mass is 32.1. The van der Waals surface area contributed by atoms with Gasteiger partial charge in [-0.1, -0.05) is 18.3 Å². The number of nitrogens with one attached hydrogen (secondary N) is 1. The molecule has 50 valence electrons. The first-order valence-electron chi connectivity index (χ1n) is 2.40. The molecule has 4 heteroatoms. The number of amides is 1. The quantitative estimate of drug-likeness (QED) is 0.506. The van der Waals surface area contributed by atoms with E-state index in [-0.39, 0.29) is 4.99 Å². The average Bonchev–Trinajstić information content (AvgIpc) is 1.82. The summed E-state index contributed by atoms with van der Waals surface area (Å²) < 4.78 is 0. The van der Waals surface area contributed by atoms with Gasteiger partial charge < -0.3 is 11.1 Å². The molecular weight excluding hydrogens is 136 g/mol. The van der Waals surface area contributed by atoms with Crippen molar-refractivity contribution in [3.8, 4) is 0 Å². The number of hydrogen-bond acceptors (Lipinski definition) is 2. The number of thiocarbonyl (C=S) groups is 1. The van der Waals surface area contributed by atoms with E-state index in [4.69, 9.17) is 5.73 Å². The van der Waals surface area contributed by atoms with Crippen molar-refractivity contribution < 1.29 is 4.79 Å². The van der Waals surface area contributed by atoms with E-state index in [0.717, 1.165) is 0 Å². The monoisotopic (exact) mass is 144 g/mol. The minimum absolute atomic E-state index is 0.0353. The molecule has 0 heterocycles. The second kappa shape index (κ2) is 4.03. The van der Waals surface area contributed by atoms with Crippen LogP contribution in [0.2, 0.25) is 0 Å². The van der Waals surface area contributed by atoms with Crippen LogP contribution in [-0.4, -0.2) is 10.9 Å². The van der Waals surface area contributed by atoms with E-state index in [2.05, 4.69) is 17.5 Å². The maximum Gasteiger partial charge on any atom is 0.276 e. The van der Waals surface area contributed by atoms with E-state index in [1.807, 2.05) is 0 Å². The van der Waals surface area contributed by atoms with Crippen LogP contribution in [0.3, 0.4) is 0 Å². The van der Waals surface area contributed by atoms with Crippen LogP contribution < -0.4 is 11.1 Å². The predicted octanol–water partition coefficient (Wildman–Crippen LogP) is -0.0777. The van der Waals surface area contributed by atoms with E-state index in [1.165, 1.54) is 0 Å². The Morgan fingerprint density at radius 3 is 2.67 bits per heavy atom. The Hall–Kier alpha value is -0.900. The van der Waals surface area contributed by atoms with Crippen LogP contribution in [-0.2, 0) is 4.79 Å². The van der Waals surface area contributed by atoms with Gasteiger partial charge in [0.25, 0.3) is 5.91 Å².